The molecular weight excluding hydrogens is 467 g/mol. The van der Waals surface area contributed by atoms with Crippen molar-refractivity contribution < 1.29 is 22.7 Å². The third kappa shape index (κ3) is 6.40. The van der Waals surface area contributed by atoms with Crippen molar-refractivity contribution in [2.45, 2.75) is 69.8 Å². The first-order chi connectivity index (χ1) is 17.2. The molecule has 0 aliphatic carbocycles. The van der Waals surface area contributed by atoms with E-state index in [4.69, 9.17) is 4.74 Å². The number of rotatable bonds is 6. The molecule has 36 heavy (non-hydrogen) atoms. The molecule has 2 aliphatic rings. The van der Waals surface area contributed by atoms with E-state index in [0.717, 1.165) is 50.4 Å². The number of nitrogens with one attached hydrogen (secondary N) is 2. The highest BCUT2D eigenvalue weighted by molar-refractivity contribution is 5.74. The molecule has 2 aliphatic heterocycles. The van der Waals surface area contributed by atoms with Crippen LogP contribution in [-0.2, 0) is 16.5 Å². The molecule has 5 nitrogen and oxygen atoms in total. The van der Waals surface area contributed by atoms with E-state index in [1.165, 1.54) is 12.5 Å². The predicted octanol–water partition coefficient (Wildman–Crippen LogP) is 5.93. The van der Waals surface area contributed by atoms with Crippen LogP contribution in [0.2, 0.25) is 0 Å². The Morgan fingerprint density at radius 2 is 1.89 bits per heavy atom. The molecule has 0 aromatic heterocycles. The molecule has 2 aromatic rings. The number of aryl methyl sites for hydroxylation is 1. The Bertz CT molecular complexity index is 1010. The first-order valence-electron chi connectivity index (χ1n) is 12.8. The zero-order valence-electron chi connectivity index (χ0n) is 21.0. The lowest BCUT2D eigenvalue weighted by Crippen LogP contribution is -2.58. The number of ether oxygens (including phenoxy) is 1. The summed E-state index contributed by atoms with van der Waals surface area (Å²) in [5, 5.41) is 6.80. The van der Waals surface area contributed by atoms with E-state index >= 15 is 0 Å². The fourth-order valence-electron chi connectivity index (χ4n) is 5.20. The molecule has 2 N–H and O–H groups in total. The number of benzene rings is 2. The summed E-state index contributed by atoms with van der Waals surface area (Å²) >= 11 is 0. The first-order valence-corrected chi connectivity index (χ1v) is 12.8. The molecule has 2 amide bonds. The quantitative estimate of drug-likeness (QED) is 0.514. The van der Waals surface area contributed by atoms with E-state index < -0.39 is 23.4 Å². The minimum atomic E-state index is -4.40. The van der Waals surface area contributed by atoms with Crippen LogP contribution in [0.4, 0.5) is 18.0 Å². The van der Waals surface area contributed by atoms with Crippen molar-refractivity contribution in [2.75, 3.05) is 26.2 Å². The summed E-state index contributed by atoms with van der Waals surface area (Å²) in [5.41, 5.74) is 0.981. The summed E-state index contributed by atoms with van der Waals surface area (Å²) < 4.78 is 46.2. The molecule has 2 aromatic carbocycles. The van der Waals surface area contributed by atoms with Crippen molar-refractivity contribution in [3.05, 3.63) is 70.8 Å². The van der Waals surface area contributed by atoms with Crippen molar-refractivity contribution >= 4 is 6.03 Å². The average molecular weight is 504 g/mol. The Morgan fingerprint density at radius 1 is 1.17 bits per heavy atom. The number of amides is 2. The Morgan fingerprint density at radius 3 is 2.53 bits per heavy atom. The van der Waals surface area contributed by atoms with Gasteiger partial charge in [-0.3, -0.25) is 0 Å². The molecule has 2 fully saturated rings. The molecule has 2 heterocycles. The van der Waals surface area contributed by atoms with Crippen LogP contribution in [0.15, 0.2) is 48.5 Å². The highest BCUT2D eigenvalue weighted by atomic mass is 19.4. The molecule has 0 bridgehead atoms. The van der Waals surface area contributed by atoms with Crippen molar-refractivity contribution in [3.8, 4) is 0 Å². The van der Waals surface area contributed by atoms with Gasteiger partial charge in [0, 0.05) is 25.7 Å². The molecule has 1 unspecified atom stereocenters. The van der Waals surface area contributed by atoms with Crippen LogP contribution < -0.4 is 10.6 Å². The van der Waals surface area contributed by atoms with E-state index in [1.54, 1.807) is 19.9 Å². The average Bonchev–Trinajstić information content (AvgIpc) is 2.88. The van der Waals surface area contributed by atoms with Crippen LogP contribution in [-0.4, -0.2) is 43.2 Å². The third-order valence-electron chi connectivity index (χ3n) is 7.38. The topological polar surface area (TPSA) is 53.6 Å². The second-order valence-electron chi connectivity index (χ2n) is 10.1. The van der Waals surface area contributed by atoms with Crippen LogP contribution in [0.25, 0.3) is 0 Å². The SMILES string of the molecule is Cc1cc([C@@H](C)OC[C@@]2(c3ccccc3)CCC(NC(=O)N3CCCCC3)CN2)cc(C(F)(F)F)c1. The van der Waals surface area contributed by atoms with Gasteiger partial charge in [-0.1, -0.05) is 42.0 Å². The number of carbonyl (C=O) groups is 1. The number of likely N-dealkylation sites (tertiary alicyclic amines) is 1. The Hall–Kier alpha value is -2.58. The van der Waals surface area contributed by atoms with Crippen molar-refractivity contribution in [3.63, 3.8) is 0 Å². The third-order valence-corrected chi connectivity index (χ3v) is 7.38. The number of piperidine rings is 2. The van der Waals surface area contributed by atoms with E-state index in [-0.39, 0.29) is 12.1 Å². The number of halogens is 3. The number of alkyl halides is 3. The molecule has 196 valence electrons. The van der Waals surface area contributed by atoms with Gasteiger partial charge in [0.1, 0.15) is 0 Å². The van der Waals surface area contributed by atoms with Crippen LogP contribution in [0.1, 0.15) is 67.4 Å². The lowest BCUT2D eigenvalue weighted by atomic mass is 9.81. The Labute approximate surface area is 211 Å². The minimum Gasteiger partial charge on any atom is -0.372 e. The maximum Gasteiger partial charge on any atom is 0.416 e. The van der Waals surface area contributed by atoms with Crippen LogP contribution in [0, 0.1) is 6.92 Å². The van der Waals surface area contributed by atoms with Crippen LogP contribution >= 0.6 is 0 Å². The van der Waals surface area contributed by atoms with Crippen LogP contribution in [0.5, 0.6) is 0 Å². The molecule has 0 spiro atoms. The fraction of sp³-hybridized carbons (Fsp3) is 0.536. The zero-order valence-corrected chi connectivity index (χ0v) is 21.0. The smallest absolute Gasteiger partial charge is 0.372 e. The standard InChI is InChI=1S/C28H36F3N3O2/c1-20-15-22(17-24(16-20)28(29,30)31)21(2)36-19-27(23-9-5-3-6-10-23)12-11-25(18-32-27)33-26(35)34-13-7-4-8-14-34/h3,5-6,9-10,15-17,21,25,32H,4,7-8,11-14,18-19H2,1-2H3,(H,33,35)/t21-,25?,27-/m1/s1. The lowest BCUT2D eigenvalue weighted by molar-refractivity contribution is -0.137. The summed E-state index contributed by atoms with van der Waals surface area (Å²) in [6, 6.07) is 14.1. The van der Waals surface area contributed by atoms with Crippen molar-refractivity contribution in [1.82, 2.24) is 15.5 Å². The van der Waals surface area contributed by atoms with Crippen molar-refractivity contribution in [1.29, 1.82) is 0 Å². The fourth-order valence-corrected chi connectivity index (χ4v) is 5.20. The predicted molar refractivity (Wildman–Crippen MR) is 134 cm³/mol. The highest BCUT2D eigenvalue weighted by Gasteiger charge is 2.38. The Balaban J connectivity index is 1.44. The summed E-state index contributed by atoms with van der Waals surface area (Å²) in [7, 11) is 0. The Kier molecular flexibility index (Phi) is 8.25. The largest absolute Gasteiger partial charge is 0.416 e. The number of hydrogen-bond donors (Lipinski definition) is 2. The van der Waals surface area contributed by atoms with Gasteiger partial charge < -0.3 is 20.3 Å². The second kappa shape index (κ2) is 11.2. The van der Waals surface area contributed by atoms with Gasteiger partial charge >= 0.3 is 12.2 Å². The van der Waals surface area contributed by atoms with Crippen molar-refractivity contribution in [2.24, 2.45) is 0 Å². The highest BCUT2D eigenvalue weighted by Crippen LogP contribution is 2.35. The maximum atomic E-state index is 13.3. The lowest BCUT2D eigenvalue weighted by Gasteiger charge is -2.43. The van der Waals surface area contributed by atoms with Gasteiger partial charge in [0.2, 0.25) is 0 Å². The van der Waals surface area contributed by atoms with E-state index in [2.05, 4.69) is 10.6 Å². The van der Waals surface area contributed by atoms with Gasteiger partial charge in [-0.15, -0.1) is 0 Å². The summed E-state index contributed by atoms with van der Waals surface area (Å²) in [6.45, 7) is 5.96. The van der Waals surface area contributed by atoms with Gasteiger partial charge in [0.15, 0.2) is 0 Å². The number of hydrogen-bond acceptors (Lipinski definition) is 3. The molecule has 2 saturated heterocycles. The minimum absolute atomic E-state index is 0.00139. The van der Waals surface area contributed by atoms with Gasteiger partial charge in [0.05, 0.1) is 23.8 Å². The number of carbonyl (C=O) groups excluding carboxylic acids is 1. The summed E-state index contributed by atoms with van der Waals surface area (Å²) in [6.07, 6.45) is -0.122. The van der Waals surface area contributed by atoms with Gasteiger partial charge in [-0.2, -0.15) is 13.2 Å². The molecule has 0 radical (unpaired) electrons. The maximum absolute atomic E-state index is 13.3. The zero-order chi connectivity index (χ0) is 25.8. The van der Waals surface area contributed by atoms with Gasteiger partial charge in [0.25, 0.3) is 0 Å². The van der Waals surface area contributed by atoms with E-state index in [1.807, 2.05) is 35.2 Å². The number of urea groups is 1. The second-order valence-corrected chi connectivity index (χ2v) is 10.1. The first kappa shape index (κ1) is 26.5. The monoisotopic (exact) mass is 503 g/mol. The summed E-state index contributed by atoms with van der Waals surface area (Å²) in [4.78, 5) is 14.6. The number of nitrogens with zero attached hydrogens (tertiary/aromatic N) is 1. The van der Waals surface area contributed by atoms with E-state index in [0.29, 0.717) is 24.3 Å². The molecule has 3 atom stereocenters. The normalized spacial score (nSPS) is 23.8. The van der Waals surface area contributed by atoms with E-state index in [9.17, 15) is 18.0 Å². The molecular formula is C28H36F3N3O2. The summed E-state index contributed by atoms with van der Waals surface area (Å²) in [5.74, 6) is 0. The van der Waals surface area contributed by atoms with Gasteiger partial charge in [-0.05, 0) is 69.2 Å². The molecule has 8 heteroatoms. The van der Waals surface area contributed by atoms with Crippen LogP contribution in [0.3, 0.4) is 0 Å². The molecule has 4 rings (SSSR count). The van der Waals surface area contributed by atoms with Gasteiger partial charge in [-0.25, -0.2) is 4.79 Å². The molecule has 0 saturated carbocycles.